The average Bonchev–Trinajstić information content (AvgIpc) is 2.74. The fourth-order valence-corrected chi connectivity index (χ4v) is 1.89. The van der Waals surface area contributed by atoms with Crippen LogP contribution in [-0.2, 0) is 0 Å². The van der Waals surface area contributed by atoms with Gasteiger partial charge in [0.2, 0.25) is 17.4 Å². The zero-order valence-electron chi connectivity index (χ0n) is 10.4. The minimum absolute atomic E-state index is 0.0189. The molecule has 1 aromatic heterocycles. The van der Waals surface area contributed by atoms with Gasteiger partial charge >= 0.3 is 0 Å². The minimum Gasteiger partial charge on any atom is -0.362 e. The van der Waals surface area contributed by atoms with E-state index in [9.17, 15) is 27.2 Å². The van der Waals surface area contributed by atoms with E-state index in [1.165, 1.54) is 24.3 Å². The maximum atomic E-state index is 13.5. The number of hydrogen-bond donors (Lipinski definition) is 0. The number of halogens is 4. The number of fused-ring (bicyclic) bond motifs is 1. The van der Waals surface area contributed by atoms with Crippen molar-refractivity contribution < 1.29 is 32.0 Å². The molecule has 5 nitrogen and oxygen atoms in total. The summed E-state index contributed by atoms with van der Waals surface area (Å²) in [6.45, 7) is 0. The summed E-state index contributed by atoms with van der Waals surface area (Å²) in [5.41, 5.74) is -0.133. The van der Waals surface area contributed by atoms with Gasteiger partial charge in [0.1, 0.15) is 0 Å². The van der Waals surface area contributed by atoms with Gasteiger partial charge in [-0.3, -0.25) is 9.59 Å². The van der Waals surface area contributed by atoms with Crippen LogP contribution in [-0.4, -0.2) is 21.9 Å². The highest BCUT2D eigenvalue weighted by molar-refractivity contribution is 6.20. The zero-order chi connectivity index (χ0) is 16.0. The van der Waals surface area contributed by atoms with E-state index in [2.05, 4.69) is 9.82 Å². The largest absolute Gasteiger partial charge is 0.362 e. The lowest BCUT2D eigenvalue weighted by Gasteiger charge is -2.15. The lowest BCUT2D eigenvalue weighted by atomic mass is 10.1. The first-order chi connectivity index (χ1) is 10.4. The van der Waals surface area contributed by atoms with E-state index in [1.807, 2.05) is 0 Å². The molecule has 0 saturated heterocycles. The van der Waals surface area contributed by atoms with Crippen LogP contribution < -0.4 is 4.84 Å². The topological polar surface area (TPSA) is 59.5 Å². The first kappa shape index (κ1) is 14.0. The van der Waals surface area contributed by atoms with Crippen LogP contribution in [0.25, 0.3) is 0 Å². The number of rotatable bonds is 2. The molecule has 2 amide bonds. The molecule has 3 rings (SSSR count). The number of amides is 2. The van der Waals surface area contributed by atoms with Gasteiger partial charge in [-0.25, -0.2) is 0 Å². The second-order valence-corrected chi connectivity index (χ2v) is 4.19. The molecule has 0 radical (unpaired) electrons. The normalized spacial score (nSPS) is 13.5. The van der Waals surface area contributed by atoms with Crippen LogP contribution in [0, 0.1) is 23.5 Å². The number of imide groups is 1. The monoisotopic (exact) mass is 312 g/mol. The quantitative estimate of drug-likeness (QED) is 0.485. The SMILES string of the molecule is O=C1c2ccccc2C(=O)N1Oc1c(F)c(F)nc(F)c1F. The molecule has 112 valence electrons. The van der Waals surface area contributed by atoms with E-state index in [-0.39, 0.29) is 16.2 Å². The maximum absolute atomic E-state index is 13.5. The van der Waals surface area contributed by atoms with Gasteiger partial charge in [-0.05, 0) is 12.1 Å². The molecule has 0 fully saturated rings. The molecule has 0 aliphatic carbocycles. The zero-order valence-corrected chi connectivity index (χ0v) is 10.4. The summed E-state index contributed by atoms with van der Waals surface area (Å²) in [5, 5.41) is 0.0189. The fraction of sp³-hybridized carbons (Fsp3) is 0. The van der Waals surface area contributed by atoms with Crippen molar-refractivity contribution in [1.29, 1.82) is 0 Å². The Hall–Kier alpha value is -2.97. The average molecular weight is 312 g/mol. The Bertz CT molecular complexity index is 764. The van der Waals surface area contributed by atoms with Crippen molar-refractivity contribution in [1.82, 2.24) is 10.0 Å². The summed E-state index contributed by atoms with van der Waals surface area (Å²) in [7, 11) is 0. The Balaban J connectivity index is 2.03. The molecule has 1 aliphatic rings. The van der Waals surface area contributed by atoms with Gasteiger partial charge in [0.05, 0.1) is 11.1 Å². The van der Waals surface area contributed by atoms with Gasteiger partial charge in [-0.2, -0.15) is 22.5 Å². The maximum Gasteiger partial charge on any atom is 0.295 e. The second kappa shape index (κ2) is 4.79. The Morgan fingerprint density at radius 3 is 1.77 bits per heavy atom. The highest BCUT2D eigenvalue weighted by Gasteiger charge is 2.39. The molecule has 2 aromatic rings. The van der Waals surface area contributed by atoms with Crippen LogP contribution in [0.4, 0.5) is 17.6 Å². The molecule has 0 saturated carbocycles. The van der Waals surface area contributed by atoms with Crippen molar-refractivity contribution in [3.05, 3.63) is 58.9 Å². The van der Waals surface area contributed by atoms with Crippen LogP contribution in [0.15, 0.2) is 24.3 Å². The summed E-state index contributed by atoms with van der Waals surface area (Å²) in [6.07, 6.45) is 0. The van der Waals surface area contributed by atoms with Crippen molar-refractivity contribution in [2.75, 3.05) is 0 Å². The summed E-state index contributed by atoms with van der Waals surface area (Å²) in [6, 6.07) is 5.50. The van der Waals surface area contributed by atoms with Gasteiger partial charge in [0.15, 0.2) is 0 Å². The fourth-order valence-electron chi connectivity index (χ4n) is 1.89. The molecule has 22 heavy (non-hydrogen) atoms. The van der Waals surface area contributed by atoms with Crippen molar-refractivity contribution >= 4 is 11.8 Å². The van der Waals surface area contributed by atoms with Crippen LogP contribution in [0.2, 0.25) is 0 Å². The van der Waals surface area contributed by atoms with E-state index in [0.717, 1.165) is 0 Å². The van der Waals surface area contributed by atoms with E-state index in [1.54, 1.807) is 0 Å². The molecule has 1 aromatic carbocycles. The molecule has 0 unspecified atom stereocenters. The highest BCUT2D eigenvalue weighted by atomic mass is 19.2. The Labute approximate surface area is 119 Å². The molecule has 0 N–H and O–H groups in total. The summed E-state index contributed by atoms with van der Waals surface area (Å²) in [5.74, 6) is -11.5. The lowest BCUT2D eigenvalue weighted by Crippen LogP contribution is -2.34. The molecule has 0 spiro atoms. The first-order valence-electron chi connectivity index (χ1n) is 5.77. The Kier molecular flexibility index (Phi) is 3.05. The molecule has 1 aliphatic heterocycles. The van der Waals surface area contributed by atoms with E-state index in [4.69, 9.17) is 0 Å². The van der Waals surface area contributed by atoms with Crippen LogP contribution >= 0.6 is 0 Å². The third kappa shape index (κ3) is 1.90. The molecular weight excluding hydrogens is 308 g/mol. The van der Waals surface area contributed by atoms with Crippen LogP contribution in [0.3, 0.4) is 0 Å². The van der Waals surface area contributed by atoms with Crippen molar-refractivity contribution in [3.63, 3.8) is 0 Å². The minimum atomic E-state index is -1.97. The predicted octanol–water partition coefficient (Wildman–Crippen LogP) is 2.23. The third-order valence-electron chi connectivity index (χ3n) is 2.90. The van der Waals surface area contributed by atoms with E-state index < -0.39 is 41.1 Å². The van der Waals surface area contributed by atoms with Crippen LogP contribution in [0.5, 0.6) is 5.75 Å². The van der Waals surface area contributed by atoms with Crippen molar-refractivity contribution in [2.45, 2.75) is 0 Å². The van der Waals surface area contributed by atoms with Gasteiger partial charge in [-0.15, -0.1) is 0 Å². The molecular formula is C13H4F4N2O3. The van der Waals surface area contributed by atoms with E-state index in [0.29, 0.717) is 0 Å². The third-order valence-corrected chi connectivity index (χ3v) is 2.90. The first-order valence-corrected chi connectivity index (χ1v) is 5.77. The second-order valence-electron chi connectivity index (χ2n) is 4.19. The number of nitrogens with zero attached hydrogens (tertiary/aromatic N) is 2. The molecule has 9 heteroatoms. The smallest absolute Gasteiger partial charge is 0.295 e. The predicted molar refractivity (Wildman–Crippen MR) is 61.6 cm³/mol. The number of pyridine rings is 1. The number of hydroxylamine groups is 2. The van der Waals surface area contributed by atoms with E-state index >= 15 is 0 Å². The number of benzene rings is 1. The summed E-state index contributed by atoms with van der Waals surface area (Å²) >= 11 is 0. The Morgan fingerprint density at radius 2 is 1.32 bits per heavy atom. The van der Waals surface area contributed by atoms with Gasteiger partial charge in [0.25, 0.3) is 23.7 Å². The summed E-state index contributed by atoms with van der Waals surface area (Å²) in [4.78, 5) is 30.7. The molecule has 0 bridgehead atoms. The number of hydrogen-bond acceptors (Lipinski definition) is 4. The van der Waals surface area contributed by atoms with Crippen LogP contribution in [0.1, 0.15) is 20.7 Å². The standard InChI is InChI=1S/C13H4F4N2O3/c14-7-9(8(15)11(17)18-10(7)16)22-19-12(20)5-3-1-2-4-6(5)13(19)21/h1-4H. The van der Waals surface area contributed by atoms with Crippen molar-refractivity contribution in [3.8, 4) is 5.75 Å². The molecule has 0 atom stereocenters. The highest BCUT2D eigenvalue weighted by Crippen LogP contribution is 2.29. The van der Waals surface area contributed by atoms with Gasteiger partial charge < -0.3 is 4.84 Å². The summed E-state index contributed by atoms with van der Waals surface area (Å²) < 4.78 is 52.9. The number of carbonyl (C=O) groups excluding carboxylic acids is 2. The van der Waals surface area contributed by atoms with Gasteiger partial charge in [0, 0.05) is 0 Å². The van der Waals surface area contributed by atoms with Gasteiger partial charge in [-0.1, -0.05) is 17.2 Å². The number of carbonyl (C=O) groups is 2. The number of aromatic nitrogens is 1. The Morgan fingerprint density at radius 1 is 0.864 bits per heavy atom. The lowest BCUT2D eigenvalue weighted by molar-refractivity contribution is -0.0192. The van der Waals surface area contributed by atoms with Crippen molar-refractivity contribution in [2.24, 2.45) is 0 Å². The molecule has 2 heterocycles.